The van der Waals surface area contributed by atoms with Gasteiger partial charge in [0.15, 0.2) is 0 Å². The molecule has 0 aliphatic carbocycles. The van der Waals surface area contributed by atoms with E-state index < -0.39 is 5.97 Å². The standard InChI is InChI=1S/C12H14ClNO2/c1-14-6-2-3-9-4-5-10(8-12(15)16)11(13)7-9/h2-5,7,14H,6,8H2,1H3,(H,15,16). The lowest BCUT2D eigenvalue weighted by Crippen LogP contribution is -2.03. The second kappa shape index (κ2) is 6.30. The fourth-order valence-corrected chi connectivity index (χ4v) is 1.54. The number of hydrogen-bond donors (Lipinski definition) is 2. The second-order valence-electron chi connectivity index (χ2n) is 3.38. The van der Waals surface area contributed by atoms with Crippen LogP contribution in [0.15, 0.2) is 24.3 Å². The highest BCUT2D eigenvalue weighted by Gasteiger charge is 2.05. The second-order valence-corrected chi connectivity index (χ2v) is 3.79. The Morgan fingerprint density at radius 1 is 1.56 bits per heavy atom. The lowest BCUT2D eigenvalue weighted by molar-refractivity contribution is -0.136. The van der Waals surface area contributed by atoms with E-state index in [0.717, 1.165) is 12.1 Å². The van der Waals surface area contributed by atoms with Gasteiger partial charge < -0.3 is 10.4 Å². The van der Waals surface area contributed by atoms with E-state index in [1.54, 1.807) is 12.1 Å². The molecule has 1 aromatic rings. The number of halogens is 1. The van der Waals surface area contributed by atoms with Crippen LogP contribution in [-0.2, 0) is 11.2 Å². The number of benzene rings is 1. The third-order valence-corrected chi connectivity index (χ3v) is 2.40. The van der Waals surface area contributed by atoms with Crippen molar-refractivity contribution in [3.63, 3.8) is 0 Å². The van der Waals surface area contributed by atoms with Gasteiger partial charge in [0.05, 0.1) is 6.42 Å². The fraction of sp³-hybridized carbons (Fsp3) is 0.250. The minimum Gasteiger partial charge on any atom is -0.481 e. The minimum atomic E-state index is -0.875. The maximum atomic E-state index is 10.5. The van der Waals surface area contributed by atoms with Crippen LogP contribution in [0.2, 0.25) is 5.02 Å². The highest BCUT2D eigenvalue weighted by Crippen LogP contribution is 2.19. The first-order valence-corrected chi connectivity index (χ1v) is 5.32. The van der Waals surface area contributed by atoms with Crippen LogP contribution in [-0.4, -0.2) is 24.7 Å². The van der Waals surface area contributed by atoms with Gasteiger partial charge in [-0.15, -0.1) is 0 Å². The smallest absolute Gasteiger partial charge is 0.307 e. The Bertz CT molecular complexity index is 402. The highest BCUT2D eigenvalue weighted by molar-refractivity contribution is 6.31. The van der Waals surface area contributed by atoms with E-state index in [1.807, 2.05) is 25.3 Å². The molecule has 86 valence electrons. The average Bonchev–Trinajstić information content (AvgIpc) is 2.22. The molecule has 0 heterocycles. The molecule has 0 amide bonds. The first-order chi connectivity index (χ1) is 7.63. The molecule has 0 aliphatic rings. The third-order valence-electron chi connectivity index (χ3n) is 2.05. The SMILES string of the molecule is CNCC=Cc1ccc(CC(=O)O)c(Cl)c1. The number of rotatable bonds is 5. The summed E-state index contributed by atoms with van der Waals surface area (Å²) in [5.74, 6) is -0.875. The monoisotopic (exact) mass is 239 g/mol. The lowest BCUT2D eigenvalue weighted by Gasteiger charge is -2.02. The van der Waals surface area contributed by atoms with Crippen molar-refractivity contribution in [1.29, 1.82) is 0 Å². The molecule has 0 saturated carbocycles. The Morgan fingerprint density at radius 2 is 2.31 bits per heavy atom. The zero-order valence-electron chi connectivity index (χ0n) is 9.03. The van der Waals surface area contributed by atoms with Gasteiger partial charge in [-0.2, -0.15) is 0 Å². The molecular formula is C12H14ClNO2. The Balaban J connectivity index is 2.78. The molecule has 0 aromatic heterocycles. The van der Waals surface area contributed by atoms with Gasteiger partial charge >= 0.3 is 5.97 Å². The van der Waals surface area contributed by atoms with E-state index in [2.05, 4.69) is 5.32 Å². The third kappa shape index (κ3) is 4.04. The Labute approximate surface area is 99.7 Å². The number of nitrogens with one attached hydrogen (secondary N) is 1. The van der Waals surface area contributed by atoms with Crippen molar-refractivity contribution in [2.24, 2.45) is 0 Å². The summed E-state index contributed by atoms with van der Waals surface area (Å²) in [6, 6.07) is 5.37. The fourth-order valence-electron chi connectivity index (χ4n) is 1.29. The molecule has 0 aliphatic heterocycles. The molecule has 3 nitrogen and oxygen atoms in total. The predicted molar refractivity (Wildman–Crippen MR) is 65.8 cm³/mol. The van der Waals surface area contributed by atoms with Gasteiger partial charge in [-0.3, -0.25) is 4.79 Å². The maximum absolute atomic E-state index is 10.5. The molecule has 0 saturated heterocycles. The van der Waals surface area contributed by atoms with Gasteiger partial charge in [-0.1, -0.05) is 35.9 Å². The Kier molecular flexibility index (Phi) is 5.02. The summed E-state index contributed by atoms with van der Waals surface area (Å²) < 4.78 is 0. The van der Waals surface area contributed by atoms with Crippen molar-refractivity contribution in [2.75, 3.05) is 13.6 Å². The summed E-state index contributed by atoms with van der Waals surface area (Å²) in [7, 11) is 1.87. The van der Waals surface area contributed by atoms with Gasteiger partial charge in [0.25, 0.3) is 0 Å². The molecule has 0 atom stereocenters. The van der Waals surface area contributed by atoms with E-state index in [0.29, 0.717) is 10.6 Å². The number of likely N-dealkylation sites (N-methyl/N-ethyl adjacent to an activating group) is 1. The first-order valence-electron chi connectivity index (χ1n) is 4.95. The van der Waals surface area contributed by atoms with Crippen molar-refractivity contribution in [3.05, 3.63) is 40.4 Å². The van der Waals surface area contributed by atoms with Crippen LogP contribution < -0.4 is 5.32 Å². The number of carboxylic acid groups (broad SMARTS) is 1. The summed E-state index contributed by atoms with van der Waals surface area (Å²) in [4.78, 5) is 10.5. The summed E-state index contributed by atoms with van der Waals surface area (Å²) in [5.41, 5.74) is 1.61. The molecule has 0 bridgehead atoms. The summed E-state index contributed by atoms with van der Waals surface area (Å²) in [6.07, 6.45) is 3.87. The number of carbonyl (C=O) groups is 1. The van der Waals surface area contributed by atoms with Gasteiger partial charge in [0.2, 0.25) is 0 Å². The summed E-state index contributed by atoms with van der Waals surface area (Å²) in [5, 5.41) is 12.1. The van der Waals surface area contributed by atoms with E-state index in [1.165, 1.54) is 0 Å². The van der Waals surface area contributed by atoms with Gasteiger partial charge in [0, 0.05) is 11.6 Å². The van der Waals surface area contributed by atoms with Crippen molar-refractivity contribution in [1.82, 2.24) is 5.32 Å². The van der Waals surface area contributed by atoms with Crippen molar-refractivity contribution in [2.45, 2.75) is 6.42 Å². The molecular weight excluding hydrogens is 226 g/mol. The minimum absolute atomic E-state index is 0.0423. The van der Waals surface area contributed by atoms with Crippen molar-refractivity contribution < 1.29 is 9.90 Å². The van der Waals surface area contributed by atoms with Crippen molar-refractivity contribution >= 4 is 23.6 Å². The molecule has 0 radical (unpaired) electrons. The molecule has 0 fully saturated rings. The molecule has 2 N–H and O–H groups in total. The zero-order chi connectivity index (χ0) is 12.0. The maximum Gasteiger partial charge on any atom is 0.307 e. The molecule has 0 spiro atoms. The Hall–Kier alpha value is -1.32. The summed E-state index contributed by atoms with van der Waals surface area (Å²) >= 11 is 5.97. The molecule has 1 aromatic carbocycles. The van der Waals surface area contributed by atoms with E-state index in [-0.39, 0.29) is 6.42 Å². The Morgan fingerprint density at radius 3 is 2.88 bits per heavy atom. The summed E-state index contributed by atoms with van der Waals surface area (Å²) in [6.45, 7) is 0.786. The zero-order valence-corrected chi connectivity index (χ0v) is 9.79. The largest absolute Gasteiger partial charge is 0.481 e. The van der Waals surface area contributed by atoms with Gasteiger partial charge in [-0.25, -0.2) is 0 Å². The number of aliphatic carboxylic acids is 1. The van der Waals surface area contributed by atoms with Gasteiger partial charge in [0.1, 0.15) is 0 Å². The van der Waals surface area contributed by atoms with Gasteiger partial charge in [-0.05, 0) is 24.2 Å². The highest BCUT2D eigenvalue weighted by atomic mass is 35.5. The average molecular weight is 240 g/mol. The van der Waals surface area contributed by atoms with E-state index >= 15 is 0 Å². The molecule has 1 rings (SSSR count). The topological polar surface area (TPSA) is 49.3 Å². The quantitative estimate of drug-likeness (QED) is 0.828. The molecule has 0 unspecified atom stereocenters. The van der Waals surface area contributed by atoms with Crippen LogP contribution in [0.4, 0.5) is 0 Å². The predicted octanol–water partition coefficient (Wildman–Crippen LogP) is 2.20. The van der Waals surface area contributed by atoms with E-state index in [9.17, 15) is 4.79 Å². The van der Waals surface area contributed by atoms with Crippen LogP contribution in [0.25, 0.3) is 6.08 Å². The van der Waals surface area contributed by atoms with E-state index in [4.69, 9.17) is 16.7 Å². The van der Waals surface area contributed by atoms with Crippen LogP contribution in [0.3, 0.4) is 0 Å². The normalized spacial score (nSPS) is 10.9. The van der Waals surface area contributed by atoms with Crippen molar-refractivity contribution in [3.8, 4) is 0 Å². The molecule has 4 heteroatoms. The van der Waals surface area contributed by atoms with Crippen LogP contribution >= 0.6 is 11.6 Å². The molecule has 16 heavy (non-hydrogen) atoms. The lowest BCUT2D eigenvalue weighted by atomic mass is 10.1. The first kappa shape index (κ1) is 12.7. The van der Waals surface area contributed by atoms with Crippen LogP contribution in [0.1, 0.15) is 11.1 Å². The number of carboxylic acids is 1. The van der Waals surface area contributed by atoms with Crippen LogP contribution in [0.5, 0.6) is 0 Å². The van der Waals surface area contributed by atoms with Crippen LogP contribution in [0, 0.1) is 0 Å². The number of hydrogen-bond acceptors (Lipinski definition) is 2.